The molecular formula is C12H21NS. The number of hydrogen-bond acceptors (Lipinski definition) is 2. The van der Waals surface area contributed by atoms with Crippen molar-refractivity contribution < 1.29 is 0 Å². The molecule has 0 aromatic carbocycles. The number of hydrogen-bond donors (Lipinski definition) is 0. The van der Waals surface area contributed by atoms with Crippen molar-refractivity contribution in [2.75, 3.05) is 0 Å². The smallest absolute Gasteiger partial charge is 0.0482 e. The number of nitrogens with zero attached hydrogens (tertiary/aromatic N) is 1. The zero-order valence-corrected chi connectivity index (χ0v) is 10.4. The minimum Gasteiger partial charge on any atom is -0.200 e. The predicted molar refractivity (Wildman–Crippen MR) is 66.8 cm³/mol. The third-order valence-corrected chi connectivity index (χ3v) is 2.77. The highest BCUT2D eigenvalue weighted by Gasteiger charge is 2.00. The van der Waals surface area contributed by atoms with E-state index in [0.29, 0.717) is 0 Å². The second kappa shape index (κ2) is 8.95. The van der Waals surface area contributed by atoms with Gasteiger partial charge in [-0.1, -0.05) is 46.3 Å². The first-order valence-corrected chi connectivity index (χ1v) is 6.21. The Bertz CT molecular complexity index is 240. The molecule has 1 rings (SSSR count). The molecule has 0 unspecified atom stereocenters. The summed E-state index contributed by atoms with van der Waals surface area (Å²) in [5.41, 5.74) is 1.22. The van der Waals surface area contributed by atoms with Crippen LogP contribution in [0.15, 0.2) is 12.8 Å². The van der Waals surface area contributed by atoms with Crippen molar-refractivity contribution in [2.24, 2.45) is 0 Å². The Labute approximate surface area is 92.0 Å². The van der Waals surface area contributed by atoms with E-state index in [1.54, 1.807) is 11.5 Å². The molecule has 1 heterocycles. The molecule has 0 aliphatic heterocycles. The molecule has 2 heteroatoms. The maximum absolute atomic E-state index is 4.14. The first-order valence-electron chi connectivity index (χ1n) is 5.44. The zero-order valence-electron chi connectivity index (χ0n) is 9.55. The van der Waals surface area contributed by atoms with Gasteiger partial charge in [0.1, 0.15) is 0 Å². The van der Waals surface area contributed by atoms with Crippen LogP contribution in [0, 0.1) is 0 Å². The molecule has 0 spiro atoms. The third kappa shape index (κ3) is 4.56. The van der Waals surface area contributed by atoms with Gasteiger partial charge in [0.15, 0.2) is 0 Å². The van der Waals surface area contributed by atoms with Gasteiger partial charge in [-0.05, 0) is 24.4 Å². The van der Waals surface area contributed by atoms with Crippen LogP contribution in [0.3, 0.4) is 0 Å². The Morgan fingerprint density at radius 2 is 2.14 bits per heavy atom. The molecule has 0 radical (unpaired) electrons. The summed E-state index contributed by atoms with van der Waals surface area (Å²) in [6.45, 7) is 9.98. The van der Waals surface area contributed by atoms with Crippen molar-refractivity contribution in [1.29, 1.82) is 0 Å². The molecule has 14 heavy (non-hydrogen) atoms. The molecule has 1 aromatic rings. The van der Waals surface area contributed by atoms with Gasteiger partial charge in [0.25, 0.3) is 0 Å². The van der Waals surface area contributed by atoms with E-state index in [1.165, 1.54) is 36.1 Å². The SMILES string of the molecule is C=Cc1cnsc1CCCCC.CC. The third-order valence-electron chi connectivity index (χ3n) is 1.90. The molecule has 0 bridgehead atoms. The van der Waals surface area contributed by atoms with E-state index in [-0.39, 0.29) is 0 Å². The molecule has 1 nitrogen and oxygen atoms in total. The summed E-state index contributed by atoms with van der Waals surface area (Å²) in [5.74, 6) is 0. The largest absolute Gasteiger partial charge is 0.200 e. The number of aromatic nitrogens is 1. The number of aryl methyl sites for hydroxylation is 1. The fraction of sp³-hybridized carbons (Fsp3) is 0.583. The summed E-state index contributed by atoms with van der Waals surface area (Å²) in [4.78, 5) is 1.39. The van der Waals surface area contributed by atoms with Gasteiger partial charge < -0.3 is 0 Å². The van der Waals surface area contributed by atoms with E-state index < -0.39 is 0 Å². The van der Waals surface area contributed by atoms with Gasteiger partial charge in [0.2, 0.25) is 0 Å². The molecule has 0 aliphatic rings. The Morgan fingerprint density at radius 3 is 2.71 bits per heavy atom. The molecule has 0 saturated carbocycles. The molecule has 0 N–H and O–H groups in total. The van der Waals surface area contributed by atoms with E-state index in [1.807, 2.05) is 26.1 Å². The number of unbranched alkanes of at least 4 members (excludes halogenated alkanes) is 2. The maximum atomic E-state index is 4.14. The second-order valence-corrected chi connectivity index (χ2v) is 3.75. The van der Waals surface area contributed by atoms with Crippen LogP contribution < -0.4 is 0 Å². The Kier molecular flexibility index (Phi) is 8.54. The lowest BCUT2D eigenvalue weighted by atomic mass is 10.1. The van der Waals surface area contributed by atoms with E-state index in [9.17, 15) is 0 Å². The summed E-state index contributed by atoms with van der Waals surface area (Å²) in [5, 5.41) is 0. The van der Waals surface area contributed by atoms with Gasteiger partial charge in [-0.3, -0.25) is 0 Å². The second-order valence-electron chi connectivity index (χ2n) is 2.87. The lowest BCUT2D eigenvalue weighted by Gasteiger charge is -1.96. The molecule has 0 aliphatic carbocycles. The van der Waals surface area contributed by atoms with Crippen molar-refractivity contribution in [3.63, 3.8) is 0 Å². The monoisotopic (exact) mass is 211 g/mol. The van der Waals surface area contributed by atoms with Gasteiger partial charge in [-0.25, -0.2) is 4.37 Å². The van der Waals surface area contributed by atoms with Crippen LogP contribution in [0.5, 0.6) is 0 Å². The first kappa shape index (κ1) is 13.4. The molecule has 1 aromatic heterocycles. The van der Waals surface area contributed by atoms with Crippen LogP contribution in [-0.2, 0) is 6.42 Å². The highest BCUT2D eigenvalue weighted by Crippen LogP contribution is 2.17. The average Bonchev–Trinajstić information content (AvgIpc) is 2.69. The summed E-state index contributed by atoms with van der Waals surface area (Å²) in [6, 6.07) is 0. The summed E-state index contributed by atoms with van der Waals surface area (Å²) >= 11 is 1.60. The first-order chi connectivity index (χ1) is 6.88. The quantitative estimate of drug-likeness (QED) is 0.651. The van der Waals surface area contributed by atoms with E-state index in [4.69, 9.17) is 0 Å². The summed E-state index contributed by atoms with van der Waals surface area (Å²) in [6.07, 6.45) is 8.83. The Hall–Kier alpha value is -0.630. The zero-order chi connectivity index (χ0) is 10.8. The predicted octanol–water partition coefficient (Wildman–Crippen LogP) is 4.55. The number of rotatable bonds is 5. The molecule has 0 fully saturated rings. The molecule has 0 saturated heterocycles. The van der Waals surface area contributed by atoms with Crippen molar-refractivity contribution >= 4 is 17.6 Å². The van der Waals surface area contributed by atoms with Crippen LogP contribution in [-0.4, -0.2) is 4.37 Å². The standard InChI is InChI=1S/C10H15NS.C2H6/c1-3-5-6-7-10-9(4-2)8-11-12-10;1-2/h4,8H,2-3,5-7H2,1H3;1-2H3. The van der Waals surface area contributed by atoms with Crippen LogP contribution in [0.2, 0.25) is 0 Å². The van der Waals surface area contributed by atoms with Gasteiger partial charge in [0.05, 0.1) is 0 Å². The molecular weight excluding hydrogens is 190 g/mol. The van der Waals surface area contributed by atoms with Crippen LogP contribution in [0.4, 0.5) is 0 Å². The van der Waals surface area contributed by atoms with E-state index in [2.05, 4.69) is 17.9 Å². The lowest BCUT2D eigenvalue weighted by molar-refractivity contribution is 0.722. The fourth-order valence-electron chi connectivity index (χ4n) is 1.16. The van der Waals surface area contributed by atoms with Crippen molar-refractivity contribution in [3.8, 4) is 0 Å². The van der Waals surface area contributed by atoms with Crippen molar-refractivity contribution in [1.82, 2.24) is 4.37 Å². The highest BCUT2D eigenvalue weighted by molar-refractivity contribution is 7.06. The van der Waals surface area contributed by atoms with Gasteiger partial charge in [-0.15, -0.1) is 0 Å². The van der Waals surface area contributed by atoms with Crippen molar-refractivity contribution in [2.45, 2.75) is 46.5 Å². The molecule has 0 atom stereocenters. The Morgan fingerprint density at radius 1 is 1.43 bits per heavy atom. The highest BCUT2D eigenvalue weighted by atomic mass is 32.1. The van der Waals surface area contributed by atoms with E-state index in [0.717, 1.165) is 0 Å². The molecule has 0 amide bonds. The maximum Gasteiger partial charge on any atom is 0.0482 e. The topological polar surface area (TPSA) is 12.9 Å². The van der Waals surface area contributed by atoms with E-state index >= 15 is 0 Å². The van der Waals surface area contributed by atoms with Gasteiger partial charge in [-0.2, -0.15) is 0 Å². The van der Waals surface area contributed by atoms with Gasteiger partial charge >= 0.3 is 0 Å². The average molecular weight is 211 g/mol. The van der Waals surface area contributed by atoms with Gasteiger partial charge in [0, 0.05) is 16.6 Å². The minimum absolute atomic E-state index is 1.17. The minimum atomic E-state index is 1.17. The molecule has 80 valence electrons. The lowest BCUT2D eigenvalue weighted by Crippen LogP contribution is -1.82. The van der Waals surface area contributed by atoms with Crippen LogP contribution >= 0.6 is 11.5 Å². The van der Waals surface area contributed by atoms with Crippen molar-refractivity contribution in [3.05, 3.63) is 23.2 Å². The fourth-order valence-corrected chi connectivity index (χ4v) is 1.93. The normalized spacial score (nSPS) is 9.07. The Balaban J connectivity index is 0.000000791. The summed E-state index contributed by atoms with van der Waals surface area (Å²) < 4.78 is 4.14. The van der Waals surface area contributed by atoms with Crippen LogP contribution in [0.1, 0.15) is 50.5 Å². The summed E-state index contributed by atoms with van der Waals surface area (Å²) in [7, 11) is 0. The van der Waals surface area contributed by atoms with Crippen LogP contribution in [0.25, 0.3) is 6.08 Å².